The van der Waals surface area contributed by atoms with Crippen molar-refractivity contribution < 1.29 is 15.3 Å². The van der Waals surface area contributed by atoms with Crippen molar-refractivity contribution in [3.63, 3.8) is 0 Å². The van der Waals surface area contributed by atoms with Crippen LogP contribution < -0.4 is 0 Å². The molecule has 0 unspecified atom stereocenters. The fourth-order valence-corrected chi connectivity index (χ4v) is 1.95. The first-order chi connectivity index (χ1) is 8.69. The summed E-state index contributed by atoms with van der Waals surface area (Å²) >= 11 is 0. The number of aliphatic hydroxyl groups excluding tert-OH is 1. The van der Waals surface area contributed by atoms with E-state index >= 15 is 0 Å². The van der Waals surface area contributed by atoms with Gasteiger partial charge in [0.2, 0.25) is 0 Å². The molecular formula is C15H16O3. The number of hydrogen-bond acceptors (Lipinski definition) is 3. The molecule has 3 nitrogen and oxygen atoms in total. The zero-order valence-corrected chi connectivity index (χ0v) is 9.95. The standard InChI is InChI=1S/C15H16O3/c16-10-13(12-3-7-15(18)8-4-12)9-11-1-5-14(17)6-2-11/h1-8,13,16-18H,9-10H2/t13-/m1/s1. The number of phenolic OH excluding ortho intramolecular Hbond substituents is 2. The van der Waals surface area contributed by atoms with Crippen LogP contribution in [0.1, 0.15) is 17.0 Å². The van der Waals surface area contributed by atoms with Crippen LogP contribution in [-0.4, -0.2) is 21.9 Å². The van der Waals surface area contributed by atoms with Gasteiger partial charge in [-0.25, -0.2) is 0 Å². The molecule has 94 valence electrons. The molecule has 2 aromatic rings. The van der Waals surface area contributed by atoms with E-state index in [0.717, 1.165) is 11.1 Å². The Morgan fingerprint density at radius 3 is 1.78 bits per heavy atom. The molecule has 2 aromatic carbocycles. The maximum atomic E-state index is 9.45. The first-order valence-corrected chi connectivity index (χ1v) is 5.86. The first kappa shape index (κ1) is 12.5. The van der Waals surface area contributed by atoms with E-state index in [-0.39, 0.29) is 24.0 Å². The van der Waals surface area contributed by atoms with Crippen molar-refractivity contribution >= 4 is 0 Å². The Morgan fingerprint density at radius 2 is 1.28 bits per heavy atom. The van der Waals surface area contributed by atoms with Gasteiger partial charge in [-0.05, 0) is 41.8 Å². The maximum Gasteiger partial charge on any atom is 0.115 e. The minimum Gasteiger partial charge on any atom is -0.508 e. The average Bonchev–Trinajstić information content (AvgIpc) is 2.39. The topological polar surface area (TPSA) is 60.7 Å². The summed E-state index contributed by atoms with van der Waals surface area (Å²) in [5.74, 6) is 0.458. The van der Waals surface area contributed by atoms with Gasteiger partial charge in [-0.15, -0.1) is 0 Å². The van der Waals surface area contributed by atoms with E-state index in [0.29, 0.717) is 6.42 Å². The Hall–Kier alpha value is -2.00. The summed E-state index contributed by atoms with van der Waals surface area (Å²) in [7, 11) is 0. The molecule has 0 spiro atoms. The van der Waals surface area contributed by atoms with Crippen molar-refractivity contribution in [2.75, 3.05) is 6.61 Å². The van der Waals surface area contributed by atoms with Crippen LogP contribution in [0.15, 0.2) is 48.5 Å². The molecule has 0 amide bonds. The van der Waals surface area contributed by atoms with Gasteiger partial charge in [-0.2, -0.15) is 0 Å². The summed E-state index contributed by atoms with van der Waals surface area (Å²) in [5.41, 5.74) is 2.04. The Bertz CT molecular complexity index is 488. The van der Waals surface area contributed by atoms with Crippen molar-refractivity contribution in [1.29, 1.82) is 0 Å². The molecule has 3 heteroatoms. The molecule has 0 aliphatic heterocycles. The van der Waals surface area contributed by atoms with Crippen LogP contribution in [0.2, 0.25) is 0 Å². The molecule has 2 rings (SSSR count). The van der Waals surface area contributed by atoms with E-state index in [4.69, 9.17) is 0 Å². The number of phenols is 2. The molecule has 0 fully saturated rings. The molecule has 0 saturated heterocycles. The fourth-order valence-electron chi connectivity index (χ4n) is 1.95. The van der Waals surface area contributed by atoms with E-state index in [9.17, 15) is 15.3 Å². The van der Waals surface area contributed by atoms with Gasteiger partial charge in [0.25, 0.3) is 0 Å². The molecule has 0 radical (unpaired) electrons. The molecule has 3 N–H and O–H groups in total. The third-order valence-corrected chi connectivity index (χ3v) is 3.00. The third kappa shape index (κ3) is 3.02. The minimum absolute atomic E-state index is 0.00450. The molecule has 0 heterocycles. The van der Waals surface area contributed by atoms with Gasteiger partial charge < -0.3 is 15.3 Å². The van der Waals surface area contributed by atoms with Crippen LogP contribution in [-0.2, 0) is 6.42 Å². The lowest BCUT2D eigenvalue weighted by atomic mass is 9.92. The van der Waals surface area contributed by atoms with Crippen molar-refractivity contribution in [2.45, 2.75) is 12.3 Å². The highest BCUT2D eigenvalue weighted by Crippen LogP contribution is 2.23. The summed E-state index contributed by atoms with van der Waals surface area (Å²) < 4.78 is 0. The first-order valence-electron chi connectivity index (χ1n) is 5.86. The van der Waals surface area contributed by atoms with Crippen LogP contribution in [0.4, 0.5) is 0 Å². The number of aromatic hydroxyl groups is 2. The van der Waals surface area contributed by atoms with Crippen molar-refractivity contribution in [3.8, 4) is 11.5 Å². The van der Waals surface area contributed by atoms with Gasteiger partial charge in [0.1, 0.15) is 11.5 Å². The Labute approximate surface area is 106 Å². The third-order valence-electron chi connectivity index (χ3n) is 3.00. The lowest BCUT2D eigenvalue weighted by Crippen LogP contribution is -2.07. The molecule has 0 aromatic heterocycles. The summed E-state index contributed by atoms with van der Waals surface area (Å²) in [6.07, 6.45) is 0.696. The van der Waals surface area contributed by atoms with Crippen molar-refractivity contribution in [1.82, 2.24) is 0 Å². The predicted molar refractivity (Wildman–Crippen MR) is 69.7 cm³/mol. The van der Waals surface area contributed by atoms with Crippen LogP contribution in [0, 0.1) is 0 Å². The molecule has 18 heavy (non-hydrogen) atoms. The zero-order valence-electron chi connectivity index (χ0n) is 9.95. The monoisotopic (exact) mass is 244 g/mol. The van der Waals surface area contributed by atoms with Gasteiger partial charge in [0.15, 0.2) is 0 Å². The SMILES string of the molecule is OC[C@@H](Cc1ccc(O)cc1)c1ccc(O)cc1. The van der Waals surface area contributed by atoms with Gasteiger partial charge in [-0.1, -0.05) is 24.3 Å². The van der Waals surface area contributed by atoms with Crippen LogP contribution in [0.5, 0.6) is 11.5 Å². The second-order valence-corrected chi connectivity index (χ2v) is 4.34. The molecule has 1 atom stereocenters. The van der Waals surface area contributed by atoms with Gasteiger partial charge in [-0.3, -0.25) is 0 Å². The fraction of sp³-hybridized carbons (Fsp3) is 0.200. The maximum absolute atomic E-state index is 9.45. The molecule has 0 aliphatic carbocycles. The minimum atomic E-state index is -0.00450. The van der Waals surface area contributed by atoms with Gasteiger partial charge in [0.05, 0.1) is 6.61 Å². The number of hydrogen-bond donors (Lipinski definition) is 3. The van der Waals surface area contributed by atoms with Gasteiger partial charge >= 0.3 is 0 Å². The Kier molecular flexibility index (Phi) is 3.85. The van der Waals surface area contributed by atoms with E-state index in [1.54, 1.807) is 24.3 Å². The quantitative estimate of drug-likeness (QED) is 0.774. The van der Waals surface area contributed by atoms with Crippen molar-refractivity contribution in [2.24, 2.45) is 0 Å². The second-order valence-electron chi connectivity index (χ2n) is 4.34. The zero-order chi connectivity index (χ0) is 13.0. The smallest absolute Gasteiger partial charge is 0.115 e. The highest BCUT2D eigenvalue weighted by Gasteiger charge is 2.11. The summed E-state index contributed by atoms with van der Waals surface area (Å²) in [6, 6.07) is 13.8. The van der Waals surface area contributed by atoms with E-state index in [1.807, 2.05) is 24.3 Å². The highest BCUT2D eigenvalue weighted by molar-refractivity contribution is 5.31. The highest BCUT2D eigenvalue weighted by atomic mass is 16.3. The van der Waals surface area contributed by atoms with Crippen molar-refractivity contribution in [3.05, 3.63) is 59.7 Å². The normalized spacial score (nSPS) is 12.3. The number of benzene rings is 2. The average molecular weight is 244 g/mol. The van der Waals surface area contributed by atoms with Gasteiger partial charge in [0, 0.05) is 5.92 Å². The predicted octanol–water partition coefficient (Wildman–Crippen LogP) is 2.42. The lowest BCUT2D eigenvalue weighted by molar-refractivity contribution is 0.264. The second kappa shape index (κ2) is 5.56. The summed E-state index contributed by atoms with van der Waals surface area (Å²) in [6.45, 7) is 0.0473. The summed E-state index contributed by atoms with van der Waals surface area (Å²) in [4.78, 5) is 0. The number of rotatable bonds is 4. The van der Waals surface area contributed by atoms with Crippen LogP contribution in [0.25, 0.3) is 0 Å². The Morgan fingerprint density at radius 1 is 0.778 bits per heavy atom. The van der Waals surface area contributed by atoms with Crippen LogP contribution in [0.3, 0.4) is 0 Å². The Balaban J connectivity index is 2.14. The lowest BCUT2D eigenvalue weighted by Gasteiger charge is -2.14. The van der Waals surface area contributed by atoms with E-state index in [2.05, 4.69) is 0 Å². The van der Waals surface area contributed by atoms with Crippen LogP contribution >= 0.6 is 0 Å². The molecule has 0 saturated carbocycles. The largest absolute Gasteiger partial charge is 0.508 e. The van der Waals surface area contributed by atoms with E-state index < -0.39 is 0 Å². The summed E-state index contributed by atoms with van der Waals surface area (Å²) in [5, 5.41) is 27.9. The number of aliphatic hydroxyl groups is 1. The molecule has 0 aliphatic rings. The van der Waals surface area contributed by atoms with E-state index in [1.165, 1.54) is 0 Å². The molecular weight excluding hydrogens is 228 g/mol. The molecule has 0 bridgehead atoms.